The molecule has 3 heteroatoms. The molecule has 0 spiro atoms. The molecule has 1 heterocycles. The van der Waals surface area contributed by atoms with Crippen molar-refractivity contribution in [2.75, 3.05) is 0 Å². The van der Waals surface area contributed by atoms with Gasteiger partial charge in [-0.2, -0.15) is 0 Å². The van der Waals surface area contributed by atoms with Gasteiger partial charge in [0.1, 0.15) is 0 Å². The predicted octanol–water partition coefficient (Wildman–Crippen LogP) is 4.35. The minimum absolute atomic E-state index is 0.376. The van der Waals surface area contributed by atoms with Gasteiger partial charge in [-0.1, -0.05) is 32.4 Å². The summed E-state index contributed by atoms with van der Waals surface area (Å²) in [5, 5.41) is 3.70. The highest BCUT2D eigenvalue weighted by atomic mass is 15.0. The van der Waals surface area contributed by atoms with E-state index in [9.17, 15) is 0 Å². The van der Waals surface area contributed by atoms with Crippen LogP contribution in [0.2, 0.25) is 0 Å². The van der Waals surface area contributed by atoms with E-state index in [4.69, 9.17) is 0 Å². The summed E-state index contributed by atoms with van der Waals surface area (Å²) in [5.41, 5.74) is 2.48. The van der Waals surface area contributed by atoms with E-state index in [1.165, 1.54) is 18.4 Å². The molecule has 114 valence electrons. The lowest BCUT2D eigenvalue weighted by molar-refractivity contribution is 0.385. The van der Waals surface area contributed by atoms with Crippen molar-refractivity contribution < 1.29 is 0 Å². The van der Waals surface area contributed by atoms with Gasteiger partial charge in [-0.3, -0.25) is 0 Å². The smallest absolute Gasteiger partial charge is 0.0991 e. The number of hydrogen-bond acceptors (Lipinski definition) is 2. The van der Waals surface area contributed by atoms with E-state index in [1.807, 2.05) is 17.1 Å². The first-order valence-electron chi connectivity index (χ1n) is 7.94. The summed E-state index contributed by atoms with van der Waals surface area (Å²) in [7, 11) is 0. The maximum atomic E-state index is 4.08. The Balaban J connectivity index is 1.95. The Morgan fingerprint density at radius 2 is 1.86 bits per heavy atom. The molecular formula is C18H27N3. The van der Waals surface area contributed by atoms with E-state index >= 15 is 0 Å². The highest BCUT2D eigenvalue weighted by Crippen LogP contribution is 2.18. The van der Waals surface area contributed by atoms with Gasteiger partial charge in [-0.15, -0.1) is 0 Å². The van der Waals surface area contributed by atoms with Crippen LogP contribution in [0, 0.1) is 5.92 Å². The molecule has 0 aliphatic heterocycles. The molecule has 0 amide bonds. The van der Waals surface area contributed by atoms with Crippen LogP contribution >= 0.6 is 0 Å². The zero-order valence-corrected chi connectivity index (χ0v) is 13.6. The summed E-state index contributed by atoms with van der Waals surface area (Å²) in [6.45, 7) is 9.10. The lowest BCUT2D eigenvalue weighted by Gasteiger charge is -2.23. The van der Waals surface area contributed by atoms with Crippen molar-refractivity contribution in [3.8, 4) is 5.69 Å². The average Bonchev–Trinajstić information content (AvgIpc) is 3.01. The second-order valence-corrected chi connectivity index (χ2v) is 6.10. The van der Waals surface area contributed by atoms with E-state index in [0.717, 1.165) is 11.6 Å². The number of hydrogen-bond donors (Lipinski definition) is 1. The van der Waals surface area contributed by atoms with E-state index in [-0.39, 0.29) is 0 Å². The fraction of sp³-hybridized carbons (Fsp3) is 0.500. The molecule has 0 aliphatic carbocycles. The van der Waals surface area contributed by atoms with Gasteiger partial charge in [0.2, 0.25) is 0 Å². The number of nitrogens with zero attached hydrogens (tertiary/aromatic N) is 2. The first-order chi connectivity index (χ1) is 10.1. The lowest BCUT2D eigenvalue weighted by Crippen LogP contribution is -2.30. The van der Waals surface area contributed by atoms with Gasteiger partial charge >= 0.3 is 0 Å². The Labute approximate surface area is 128 Å². The van der Waals surface area contributed by atoms with Crippen molar-refractivity contribution in [2.45, 2.75) is 52.6 Å². The van der Waals surface area contributed by atoms with Crippen LogP contribution in [0.5, 0.6) is 0 Å². The molecule has 3 nitrogen and oxygen atoms in total. The van der Waals surface area contributed by atoms with Gasteiger partial charge in [-0.25, -0.2) is 4.98 Å². The maximum absolute atomic E-state index is 4.08. The fourth-order valence-corrected chi connectivity index (χ4v) is 2.71. The molecule has 3 atom stereocenters. The number of imidazole rings is 1. The highest BCUT2D eigenvalue weighted by Gasteiger charge is 2.11. The Morgan fingerprint density at radius 3 is 2.43 bits per heavy atom. The Bertz CT molecular complexity index is 516. The highest BCUT2D eigenvalue weighted by molar-refractivity contribution is 5.35. The lowest BCUT2D eigenvalue weighted by atomic mass is 9.99. The van der Waals surface area contributed by atoms with Crippen molar-refractivity contribution in [3.63, 3.8) is 0 Å². The molecule has 21 heavy (non-hydrogen) atoms. The van der Waals surface area contributed by atoms with E-state index in [0.29, 0.717) is 12.1 Å². The summed E-state index contributed by atoms with van der Waals surface area (Å²) in [5.74, 6) is 0.781. The van der Waals surface area contributed by atoms with Crippen LogP contribution in [-0.4, -0.2) is 15.6 Å². The minimum atomic E-state index is 0.376. The van der Waals surface area contributed by atoms with Gasteiger partial charge in [0.15, 0.2) is 0 Å². The van der Waals surface area contributed by atoms with Crippen LogP contribution in [0.3, 0.4) is 0 Å². The molecule has 2 rings (SSSR count). The zero-order chi connectivity index (χ0) is 15.2. The van der Waals surface area contributed by atoms with Crippen LogP contribution in [0.4, 0.5) is 0 Å². The van der Waals surface area contributed by atoms with Crippen LogP contribution in [0.25, 0.3) is 5.69 Å². The second-order valence-electron chi connectivity index (χ2n) is 6.10. The van der Waals surface area contributed by atoms with Gasteiger partial charge < -0.3 is 9.88 Å². The zero-order valence-electron chi connectivity index (χ0n) is 13.6. The molecule has 0 aliphatic rings. The first-order valence-corrected chi connectivity index (χ1v) is 7.94. The Kier molecular flexibility index (Phi) is 5.57. The maximum Gasteiger partial charge on any atom is 0.0991 e. The number of rotatable bonds is 7. The number of nitrogens with one attached hydrogen (secondary N) is 1. The normalized spacial score (nSPS) is 15.6. The summed E-state index contributed by atoms with van der Waals surface area (Å²) in [6.07, 6.45) is 8.07. The van der Waals surface area contributed by atoms with Gasteiger partial charge in [0.05, 0.1) is 6.33 Å². The third-order valence-electron chi connectivity index (χ3n) is 4.18. The van der Waals surface area contributed by atoms with Crippen LogP contribution in [-0.2, 0) is 0 Å². The van der Waals surface area contributed by atoms with Crippen molar-refractivity contribution in [2.24, 2.45) is 5.92 Å². The molecule has 0 saturated heterocycles. The molecule has 1 aromatic carbocycles. The summed E-state index contributed by atoms with van der Waals surface area (Å²) >= 11 is 0. The van der Waals surface area contributed by atoms with Crippen LogP contribution in [0.15, 0.2) is 43.0 Å². The van der Waals surface area contributed by atoms with E-state index < -0.39 is 0 Å². The quantitative estimate of drug-likeness (QED) is 0.819. The van der Waals surface area contributed by atoms with E-state index in [2.05, 4.69) is 62.3 Å². The molecule has 1 aromatic heterocycles. The average molecular weight is 285 g/mol. The number of benzene rings is 1. The fourth-order valence-electron chi connectivity index (χ4n) is 2.71. The van der Waals surface area contributed by atoms with Crippen LogP contribution < -0.4 is 5.32 Å². The second kappa shape index (κ2) is 7.41. The molecule has 0 bridgehead atoms. The van der Waals surface area contributed by atoms with Crippen molar-refractivity contribution in [1.29, 1.82) is 0 Å². The molecule has 0 saturated carbocycles. The van der Waals surface area contributed by atoms with Gasteiger partial charge in [0.25, 0.3) is 0 Å². The molecule has 1 N–H and O–H groups in total. The first kappa shape index (κ1) is 15.8. The predicted molar refractivity (Wildman–Crippen MR) is 88.6 cm³/mol. The third kappa shape index (κ3) is 4.43. The Morgan fingerprint density at radius 1 is 1.14 bits per heavy atom. The minimum Gasteiger partial charge on any atom is -0.308 e. The summed E-state index contributed by atoms with van der Waals surface area (Å²) in [4.78, 5) is 4.08. The van der Waals surface area contributed by atoms with Crippen LogP contribution in [0.1, 0.15) is 52.1 Å². The third-order valence-corrected chi connectivity index (χ3v) is 4.18. The van der Waals surface area contributed by atoms with Crippen molar-refractivity contribution in [3.05, 3.63) is 48.5 Å². The van der Waals surface area contributed by atoms with Gasteiger partial charge in [-0.05, 0) is 43.9 Å². The van der Waals surface area contributed by atoms with Crippen molar-refractivity contribution >= 4 is 0 Å². The summed E-state index contributed by atoms with van der Waals surface area (Å²) in [6, 6.07) is 9.61. The topological polar surface area (TPSA) is 29.9 Å². The summed E-state index contributed by atoms with van der Waals surface area (Å²) < 4.78 is 2.02. The molecular weight excluding hydrogens is 258 g/mol. The molecule has 2 aromatic rings. The van der Waals surface area contributed by atoms with Crippen molar-refractivity contribution in [1.82, 2.24) is 14.9 Å². The number of aromatic nitrogens is 2. The monoisotopic (exact) mass is 285 g/mol. The van der Waals surface area contributed by atoms with Gasteiger partial charge in [0, 0.05) is 30.2 Å². The largest absolute Gasteiger partial charge is 0.308 e. The molecule has 0 fully saturated rings. The standard InChI is InChI=1S/C18H27N3/c1-5-14(2)12-15(3)20-16(4)17-6-8-18(9-7-17)21-11-10-19-13-21/h6-11,13-16,20H,5,12H2,1-4H3. The Hall–Kier alpha value is -1.61. The van der Waals surface area contributed by atoms with E-state index in [1.54, 1.807) is 6.20 Å². The molecule has 3 unspecified atom stereocenters. The molecule has 0 radical (unpaired) electrons. The SMILES string of the molecule is CCC(C)CC(C)NC(C)c1ccc(-n2ccnc2)cc1.